The lowest BCUT2D eigenvalue weighted by Crippen LogP contribution is -2.25. The highest BCUT2D eigenvalue weighted by Gasteiger charge is 2.02. The zero-order valence-electron chi connectivity index (χ0n) is 13.0. The molecule has 22 heavy (non-hydrogen) atoms. The highest BCUT2D eigenvalue weighted by Crippen LogP contribution is 2.10. The number of carbonyl (C=O) groups is 1. The summed E-state index contributed by atoms with van der Waals surface area (Å²) in [4.78, 5) is 11.8. The molecule has 2 aromatic carbocycles. The molecule has 2 aromatic rings. The second-order valence-corrected chi connectivity index (χ2v) is 5.61. The van der Waals surface area contributed by atoms with Gasteiger partial charge in [0.2, 0.25) is 5.91 Å². The molecule has 0 aliphatic rings. The highest BCUT2D eigenvalue weighted by molar-refractivity contribution is 5.75. The topological polar surface area (TPSA) is 49.3 Å². The average molecular weight is 297 g/mol. The van der Waals surface area contributed by atoms with Gasteiger partial charge in [-0.25, -0.2) is 0 Å². The Morgan fingerprint density at radius 3 is 2.23 bits per heavy atom. The van der Waals surface area contributed by atoms with Crippen LogP contribution in [0.5, 0.6) is 5.75 Å². The van der Waals surface area contributed by atoms with E-state index in [-0.39, 0.29) is 11.7 Å². The summed E-state index contributed by atoms with van der Waals surface area (Å²) >= 11 is 0. The van der Waals surface area contributed by atoms with Crippen molar-refractivity contribution < 1.29 is 9.90 Å². The highest BCUT2D eigenvalue weighted by atomic mass is 16.3. The van der Waals surface area contributed by atoms with E-state index in [9.17, 15) is 9.90 Å². The van der Waals surface area contributed by atoms with E-state index in [0.717, 1.165) is 24.8 Å². The molecule has 116 valence electrons. The van der Waals surface area contributed by atoms with Gasteiger partial charge < -0.3 is 10.4 Å². The molecule has 0 saturated carbocycles. The Bertz CT molecular complexity index is 534. The largest absolute Gasteiger partial charge is 0.508 e. The molecule has 3 nitrogen and oxygen atoms in total. The summed E-state index contributed by atoms with van der Waals surface area (Å²) in [5.41, 5.74) is 3.65. The molecule has 0 bridgehead atoms. The molecule has 0 aliphatic heterocycles. The van der Waals surface area contributed by atoms with Crippen molar-refractivity contribution in [1.29, 1.82) is 0 Å². The van der Waals surface area contributed by atoms with E-state index in [2.05, 4.69) is 36.5 Å². The molecule has 0 saturated heterocycles. The van der Waals surface area contributed by atoms with Gasteiger partial charge in [0.15, 0.2) is 0 Å². The maximum Gasteiger partial charge on any atom is 0.220 e. The van der Waals surface area contributed by atoms with Crippen LogP contribution < -0.4 is 5.32 Å². The molecule has 0 fully saturated rings. The van der Waals surface area contributed by atoms with E-state index in [0.29, 0.717) is 13.0 Å². The maximum absolute atomic E-state index is 11.8. The van der Waals surface area contributed by atoms with Crippen LogP contribution in [-0.2, 0) is 17.6 Å². The van der Waals surface area contributed by atoms with E-state index >= 15 is 0 Å². The second kappa shape index (κ2) is 8.23. The zero-order valence-corrected chi connectivity index (χ0v) is 13.0. The lowest BCUT2D eigenvalue weighted by molar-refractivity contribution is -0.121. The van der Waals surface area contributed by atoms with Gasteiger partial charge in [0.05, 0.1) is 0 Å². The van der Waals surface area contributed by atoms with E-state index in [1.54, 1.807) is 12.1 Å². The number of hydrogen-bond acceptors (Lipinski definition) is 2. The van der Waals surface area contributed by atoms with Crippen LogP contribution in [0.4, 0.5) is 0 Å². The van der Waals surface area contributed by atoms with Gasteiger partial charge in [-0.2, -0.15) is 0 Å². The molecule has 0 unspecified atom stereocenters. The number of amides is 1. The zero-order chi connectivity index (χ0) is 15.8. The van der Waals surface area contributed by atoms with E-state index < -0.39 is 0 Å². The summed E-state index contributed by atoms with van der Waals surface area (Å²) < 4.78 is 0. The van der Waals surface area contributed by atoms with Crippen molar-refractivity contribution in [3.05, 3.63) is 65.2 Å². The third kappa shape index (κ3) is 5.60. The van der Waals surface area contributed by atoms with Crippen LogP contribution in [0, 0.1) is 6.92 Å². The summed E-state index contributed by atoms with van der Waals surface area (Å²) in [6.07, 6.45) is 3.15. The van der Waals surface area contributed by atoms with Gasteiger partial charge in [0.25, 0.3) is 0 Å². The lowest BCUT2D eigenvalue weighted by atomic mass is 10.1. The minimum atomic E-state index is 0.103. The Hall–Kier alpha value is -2.29. The number of carbonyl (C=O) groups excluding carboxylic acids is 1. The van der Waals surface area contributed by atoms with Crippen LogP contribution in [0.2, 0.25) is 0 Å². The molecule has 0 aromatic heterocycles. The Morgan fingerprint density at radius 1 is 0.955 bits per heavy atom. The predicted molar refractivity (Wildman–Crippen MR) is 88.9 cm³/mol. The first kappa shape index (κ1) is 16.1. The van der Waals surface area contributed by atoms with E-state index in [1.165, 1.54) is 11.1 Å². The van der Waals surface area contributed by atoms with Crippen LogP contribution in [0.25, 0.3) is 0 Å². The minimum Gasteiger partial charge on any atom is -0.508 e. The van der Waals surface area contributed by atoms with E-state index in [4.69, 9.17) is 0 Å². The summed E-state index contributed by atoms with van der Waals surface area (Å²) in [7, 11) is 0. The fourth-order valence-corrected chi connectivity index (χ4v) is 2.31. The number of aromatic hydroxyl groups is 1. The van der Waals surface area contributed by atoms with Crippen molar-refractivity contribution in [2.75, 3.05) is 6.54 Å². The molecule has 2 N–H and O–H groups in total. The maximum atomic E-state index is 11.8. The second-order valence-electron chi connectivity index (χ2n) is 5.61. The van der Waals surface area contributed by atoms with Gasteiger partial charge in [-0.05, 0) is 49.4 Å². The van der Waals surface area contributed by atoms with E-state index in [1.807, 2.05) is 12.1 Å². The van der Waals surface area contributed by atoms with Crippen molar-refractivity contribution in [3.63, 3.8) is 0 Å². The molecule has 0 atom stereocenters. The number of phenolic OH excluding ortho intramolecular Hbond substituents is 1. The van der Waals surface area contributed by atoms with Crippen molar-refractivity contribution in [3.8, 4) is 5.75 Å². The lowest BCUT2D eigenvalue weighted by Gasteiger charge is -2.06. The van der Waals surface area contributed by atoms with Gasteiger partial charge in [0.1, 0.15) is 5.75 Å². The molecule has 1 amide bonds. The Morgan fingerprint density at radius 2 is 1.55 bits per heavy atom. The van der Waals surface area contributed by atoms with Crippen LogP contribution in [0.3, 0.4) is 0 Å². The molecule has 0 aliphatic carbocycles. The Kier molecular flexibility index (Phi) is 6.01. The van der Waals surface area contributed by atoms with Gasteiger partial charge in [-0.15, -0.1) is 0 Å². The minimum absolute atomic E-state index is 0.103. The standard InChI is InChI=1S/C19H23NO2/c1-15-5-7-16(8-6-15)3-2-4-19(22)20-14-13-17-9-11-18(21)12-10-17/h5-12,21H,2-4,13-14H2,1H3,(H,20,22). The normalized spacial score (nSPS) is 10.4. The van der Waals surface area contributed by atoms with Crippen LogP contribution in [-0.4, -0.2) is 17.6 Å². The first-order valence-electron chi connectivity index (χ1n) is 7.73. The van der Waals surface area contributed by atoms with Gasteiger partial charge in [-0.3, -0.25) is 4.79 Å². The Labute approximate surface area is 132 Å². The number of hydrogen-bond donors (Lipinski definition) is 2. The smallest absolute Gasteiger partial charge is 0.220 e. The fourth-order valence-electron chi connectivity index (χ4n) is 2.31. The average Bonchev–Trinajstić information content (AvgIpc) is 2.51. The fraction of sp³-hybridized carbons (Fsp3) is 0.316. The molecular formula is C19H23NO2. The van der Waals surface area contributed by atoms with Crippen molar-refractivity contribution in [2.24, 2.45) is 0 Å². The quantitative estimate of drug-likeness (QED) is 0.823. The molecule has 2 rings (SSSR count). The molecule has 0 spiro atoms. The predicted octanol–water partition coefficient (Wildman–Crippen LogP) is 3.38. The SMILES string of the molecule is Cc1ccc(CCCC(=O)NCCc2ccc(O)cc2)cc1. The summed E-state index contributed by atoms with van der Waals surface area (Å²) in [5.74, 6) is 0.370. The van der Waals surface area contributed by atoms with Gasteiger partial charge in [0, 0.05) is 13.0 Å². The van der Waals surface area contributed by atoms with Gasteiger partial charge >= 0.3 is 0 Å². The summed E-state index contributed by atoms with van der Waals surface area (Å²) in [6, 6.07) is 15.5. The van der Waals surface area contributed by atoms with Crippen LogP contribution >= 0.6 is 0 Å². The Balaban J connectivity index is 1.61. The van der Waals surface area contributed by atoms with Gasteiger partial charge in [-0.1, -0.05) is 42.0 Å². The molecule has 0 radical (unpaired) electrons. The van der Waals surface area contributed by atoms with Crippen molar-refractivity contribution >= 4 is 5.91 Å². The number of nitrogens with one attached hydrogen (secondary N) is 1. The first-order chi connectivity index (χ1) is 10.6. The van der Waals surface area contributed by atoms with Crippen LogP contribution in [0.15, 0.2) is 48.5 Å². The first-order valence-corrected chi connectivity index (χ1v) is 7.73. The third-order valence-electron chi connectivity index (χ3n) is 3.66. The number of benzene rings is 2. The van der Waals surface area contributed by atoms with Crippen molar-refractivity contribution in [1.82, 2.24) is 5.32 Å². The number of aryl methyl sites for hydroxylation is 2. The summed E-state index contributed by atoms with van der Waals surface area (Å²) in [5, 5.41) is 12.1. The molecular weight excluding hydrogens is 274 g/mol. The molecule has 3 heteroatoms. The number of phenols is 1. The van der Waals surface area contributed by atoms with Crippen LogP contribution in [0.1, 0.15) is 29.5 Å². The summed E-state index contributed by atoms with van der Waals surface area (Å²) in [6.45, 7) is 2.71. The van der Waals surface area contributed by atoms with Crippen molar-refractivity contribution in [2.45, 2.75) is 32.6 Å². The molecule has 0 heterocycles. The third-order valence-corrected chi connectivity index (χ3v) is 3.66. The monoisotopic (exact) mass is 297 g/mol. The number of rotatable bonds is 7.